The molecule has 0 amide bonds. The fraction of sp³-hybridized carbons (Fsp3) is 0.750. The molecule has 1 fully saturated rings. The molecule has 0 aliphatic heterocycles. The predicted octanol–water partition coefficient (Wildman–Crippen LogP) is 2.99. The number of hydrogen-bond donors (Lipinski definition) is 1. The number of carboxylic acids is 1. The quantitative estimate of drug-likeness (QED) is 0.686. The van der Waals surface area contributed by atoms with E-state index in [1.165, 1.54) is 31.3 Å². The summed E-state index contributed by atoms with van der Waals surface area (Å²) in [5, 5.41) is 8.72. The van der Waals surface area contributed by atoms with Crippen molar-refractivity contribution >= 4 is 5.97 Å². The highest BCUT2D eigenvalue weighted by Gasteiger charge is 2.28. The third-order valence-electron chi connectivity index (χ3n) is 3.68. The minimum Gasteiger partial charge on any atom is -0.481 e. The van der Waals surface area contributed by atoms with Gasteiger partial charge < -0.3 is 5.11 Å². The average molecular weight is 194 g/mol. The van der Waals surface area contributed by atoms with E-state index in [-0.39, 0.29) is 6.42 Å². The lowest BCUT2D eigenvalue weighted by Crippen LogP contribution is -2.23. The topological polar surface area (TPSA) is 37.3 Å². The van der Waals surface area contributed by atoms with Crippen LogP contribution in [0.3, 0.4) is 0 Å². The summed E-state index contributed by atoms with van der Waals surface area (Å²) in [6, 6.07) is 0. The molecule has 0 saturated heterocycles. The molecule has 0 aromatic rings. The molecule has 0 radical (unpaired) electrons. The fourth-order valence-corrected chi connectivity index (χ4v) is 2.94. The summed E-state index contributed by atoms with van der Waals surface area (Å²) in [5.41, 5.74) is 1.17. The van der Waals surface area contributed by atoms with Crippen LogP contribution in [0.25, 0.3) is 0 Å². The highest BCUT2D eigenvalue weighted by atomic mass is 16.4. The van der Waals surface area contributed by atoms with E-state index in [0.717, 1.165) is 24.7 Å². The van der Waals surface area contributed by atoms with Gasteiger partial charge in [0.25, 0.3) is 0 Å². The highest BCUT2D eigenvalue weighted by Crippen LogP contribution is 2.40. The number of hydrogen-bond acceptors (Lipinski definition) is 1. The largest absolute Gasteiger partial charge is 0.481 e. The summed E-state index contributed by atoms with van der Waals surface area (Å²) >= 11 is 0. The molecule has 0 unspecified atom stereocenters. The van der Waals surface area contributed by atoms with Crippen LogP contribution in [0.1, 0.15) is 44.9 Å². The SMILES string of the molecule is O=C(O)CC1=CC[C@H]2CCCC[C@@H]2C1. The summed E-state index contributed by atoms with van der Waals surface area (Å²) in [6.07, 6.45) is 10.0. The Balaban J connectivity index is 1.96. The molecule has 0 aromatic carbocycles. The maximum absolute atomic E-state index is 10.6. The number of fused-ring (bicyclic) bond motifs is 1. The fourth-order valence-electron chi connectivity index (χ4n) is 2.94. The molecule has 2 rings (SSSR count). The molecule has 0 spiro atoms. The van der Waals surface area contributed by atoms with Gasteiger partial charge in [-0.2, -0.15) is 0 Å². The standard InChI is InChI=1S/C12H18O2/c13-12(14)8-9-5-6-10-3-1-2-4-11(10)7-9/h5,10-11H,1-4,6-8H2,(H,13,14)/t10-,11-/m1/s1. The van der Waals surface area contributed by atoms with Crippen LogP contribution in [0.15, 0.2) is 11.6 Å². The second-order valence-electron chi connectivity index (χ2n) is 4.68. The van der Waals surface area contributed by atoms with E-state index in [9.17, 15) is 4.79 Å². The van der Waals surface area contributed by atoms with E-state index in [2.05, 4.69) is 6.08 Å². The lowest BCUT2D eigenvalue weighted by Gasteiger charge is -2.34. The lowest BCUT2D eigenvalue weighted by atomic mass is 9.71. The van der Waals surface area contributed by atoms with E-state index in [4.69, 9.17) is 5.11 Å². The second kappa shape index (κ2) is 4.16. The van der Waals surface area contributed by atoms with Crippen LogP contribution in [0, 0.1) is 11.8 Å². The van der Waals surface area contributed by atoms with Gasteiger partial charge in [-0.3, -0.25) is 4.79 Å². The van der Waals surface area contributed by atoms with E-state index >= 15 is 0 Å². The van der Waals surface area contributed by atoms with Crippen LogP contribution in [0.5, 0.6) is 0 Å². The van der Waals surface area contributed by atoms with Gasteiger partial charge in [-0.25, -0.2) is 0 Å². The van der Waals surface area contributed by atoms with Gasteiger partial charge in [0.1, 0.15) is 0 Å². The third kappa shape index (κ3) is 2.17. The number of aliphatic carboxylic acids is 1. The summed E-state index contributed by atoms with van der Waals surface area (Å²) < 4.78 is 0. The van der Waals surface area contributed by atoms with Crippen molar-refractivity contribution in [2.45, 2.75) is 44.9 Å². The van der Waals surface area contributed by atoms with Crippen molar-refractivity contribution in [1.29, 1.82) is 0 Å². The van der Waals surface area contributed by atoms with Gasteiger partial charge in [0.05, 0.1) is 6.42 Å². The van der Waals surface area contributed by atoms with E-state index < -0.39 is 5.97 Å². The van der Waals surface area contributed by atoms with Gasteiger partial charge in [0.2, 0.25) is 0 Å². The molecule has 0 heterocycles. The van der Waals surface area contributed by atoms with Crippen molar-refractivity contribution in [2.24, 2.45) is 11.8 Å². The van der Waals surface area contributed by atoms with Crippen LogP contribution in [0.2, 0.25) is 0 Å². The second-order valence-corrected chi connectivity index (χ2v) is 4.68. The first-order chi connectivity index (χ1) is 6.75. The Morgan fingerprint density at radius 1 is 1.36 bits per heavy atom. The Bertz CT molecular complexity index is 255. The Morgan fingerprint density at radius 2 is 2.07 bits per heavy atom. The van der Waals surface area contributed by atoms with Crippen LogP contribution in [-0.2, 0) is 4.79 Å². The van der Waals surface area contributed by atoms with Crippen LogP contribution < -0.4 is 0 Å². The first kappa shape index (κ1) is 9.75. The van der Waals surface area contributed by atoms with Gasteiger partial charge in [-0.1, -0.05) is 24.5 Å². The molecule has 2 heteroatoms. The number of allylic oxidation sites excluding steroid dienone is 1. The maximum atomic E-state index is 10.6. The zero-order valence-electron chi connectivity index (χ0n) is 8.54. The molecule has 1 N–H and O–H groups in total. The zero-order valence-corrected chi connectivity index (χ0v) is 8.54. The first-order valence-corrected chi connectivity index (χ1v) is 5.65. The Kier molecular flexibility index (Phi) is 2.90. The van der Waals surface area contributed by atoms with Crippen molar-refractivity contribution in [2.75, 3.05) is 0 Å². The van der Waals surface area contributed by atoms with E-state index in [1.54, 1.807) is 0 Å². The smallest absolute Gasteiger partial charge is 0.307 e. The van der Waals surface area contributed by atoms with Crippen molar-refractivity contribution in [3.8, 4) is 0 Å². The monoisotopic (exact) mass is 194 g/mol. The minimum absolute atomic E-state index is 0.267. The van der Waals surface area contributed by atoms with Crippen molar-refractivity contribution in [3.63, 3.8) is 0 Å². The average Bonchev–Trinajstić information content (AvgIpc) is 2.17. The lowest BCUT2D eigenvalue weighted by molar-refractivity contribution is -0.136. The van der Waals surface area contributed by atoms with E-state index in [1.807, 2.05) is 0 Å². The summed E-state index contributed by atoms with van der Waals surface area (Å²) in [4.78, 5) is 10.6. The first-order valence-electron chi connectivity index (χ1n) is 5.65. The molecule has 2 nitrogen and oxygen atoms in total. The molecule has 14 heavy (non-hydrogen) atoms. The summed E-state index contributed by atoms with van der Waals surface area (Å²) in [6.45, 7) is 0. The molecule has 2 atom stereocenters. The summed E-state index contributed by atoms with van der Waals surface area (Å²) in [7, 11) is 0. The van der Waals surface area contributed by atoms with Crippen LogP contribution in [0.4, 0.5) is 0 Å². The van der Waals surface area contributed by atoms with Gasteiger partial charge in [0.15, 0.2) is 0 Å². The van der Waals surface area contributed by atoms with Gasteiger partial charge in [-0.15, -0.1) is 0 Å². The Morgan fingerprint density at radius 3 is 2.79 bits per heavy atom. The molecular formula is C12H18O2. The summed E-state index contributed by atoms with van der Waals surface area (Å²) in [5.74, 6) is 0.981. The van der Waals surface area contributed by atoms with Crippen molar-refractivity contribution < 1.29 is 9.90 Å². The molecule has 0 aromatic heterocycles. The van der Waals surface area contributed by atoms with E-state index in [0.29, 0.717) is 0 Å². The highest BCUT2D eigenvalue weighted by molar-refractivity contribution is 5.70. The molecule has 1 saturated carbocycles. The van der Waals surface area contributed by atoms with Gasteiger partial charge in [0, 0.05) is 0 Å². The normalized spacial score (nSPS) is 31.9. The van der Waals surface area contributed by atoms with Crippen LogP contribution in [-0.4, -0.2) is 11.1 Å². The van der Waals surface area contributed by atoms with Crippen molar-refractivity contribution in [1.82, 2.24) is 0 Å². The predicted molar refractivity (Wildman–Crippen MR) is 55.0 cm³/mol. The molecular weight excluding hydrogens is 176 g/mol. The Labute approximate surface area is 85.0 Å². The zero-order chi connectivity index (χ0) is 9.97. The van der Waals surface area contributed by atoms with Crippen LogP contribution >= 0.6 is 0 Å². The number of carboxylic acid groups (broad SMARTS) is 1. The van der Waals surface area contributed by atoms with Gasteiger partial charge in [-0.05, 0) is 37.5 Å². The number of carbonyl (C=O) groups is 1. The molecule has 78 valence electrons. The van der Waals surface area contributed by atoms with Crippen molar-refractivity contribution in [3.05, 3.63) is 11.6 Å². The molecule has 2 aliphatic carbocycles. The molecule has 2 aliphatic rings. The minimum atomic E-state index is -0.675. The Hall–Kier alpha value is -0.790. The molecule has 0 bridgehead atoms. The third-order valence-corrected chi connectivity index (χ3v) is 3.68. The number of rotatable bonds is 2. The maximum Gasteiger partial charge on any atom is 0.307 e. The van der Waals surface area contributed by atoms with Gasteiger partial charge >= 0.3 is 5.97 Å².